The van der Waals surface area contributed by atoms with Gasteiger partial charge in [0, 0.05) is 0 Å². The molecule has 0 spiro atoms. The highest BCUT2D eigenvalue weighted by Gasteiger charge is 2.31. The first kappa shape index (κ1) is 8.49. The van der Waals surface area contributed by atoms with E-state index in [0.717, 1.165) is 0 Å². The molecular weight excluding hydrogens is 148 g/mol. The molecule has 1 saturated carbocycles. The number of rotatable bonds is 1. The quantitative estimate of drug-likeness (QED) is 0.487. The van der Waals surface area contributed by atoms with Crippen molar-refractivity contribution in [3.8, 4) is 0 Å². The molecule has 4 heteroatoms. The van der Waals surface area contributed by atoms with E-state index in [1.165, 1.54) is 0 Å². The first-order valence-electron chi connectivity index (χ1n) is 3.70. The molecule has 0 aliphatic heterocycles. The molecule has 1 fully saturated rings. The zero-order chi connectivity index (χ0) is 8.43. The molecule has 0 amide bonds. The molecule has 11 heavy (non-hydrogen) atoms. The number of hydrogen-bond acceptors (Lipinski definition) is 3. The van der Waals surface area contributed by atoms with Gasteiger partial charge in [0.2, 0.25) is 0 Å². The lowest BCUT2D eigenvalue weighted by molar-refractivity contribution is -0.146. The van der Waals surface area contributed by atoms with E-state index in [1.54, 1.807) is 0 Å². The summed E-state index contributed by atoms with van der Waals surface area (Å²) in [7, 11) is 0. The van der Waals surface area contributed by atoms with Crippen LogP contribution in [0.5, 0.6) is 0 Å². The van der Waals surface area contributed by atoms with E-state index in [9.17, 15) is 4.79 Å². The Balaban J connectivity index is 2.46. The summed E-state index contributed by atoms with van der Waals surface area (Å²) in [6, 6.07) is 0. The molecule has 0 bridgehead atoms. The summed E-state index contributed by atoms with van der Waals surface area (Å²) >= 11 is 0. The second-order valence-corrected chi connectivity index (χ2v) is 2.98. The summed E-state index contributed by atoms with van der Waals surface area (Å²) in [4.78, 5) is 10.4. The van der Waals surface area contributed by atoms with Gasteiger partial charge >= 0.3 is 5.97 Å². The summed E-state index contributed by atoms with van der Waals surface area (Å²) in [6.07, 6.45) is -0.558. The standard InChI is InChI=1S/C7H12O4/c8-5-2-1-4(7(10)11)3-6(5)9/h4-6,8-9H,1-3H2,(H,10,11)/t4-,5-,6-/m0/s1. The van der Waals surface area contributed by atoms with Crippen molar-refractivity contribution in [3.63, 3.8) is 0 Å². The predicted molar refractivity (Wildman–Crippen MR) is 37.0 cm³/mol. The molecule has 4 nitrogen and oxygen atoms in total. The van der Waals surface area contributed by atoms with Gasteiger partial charge in [0.1, 0.15) is 0 Å². The van der Waals surface area contributed by atoms with Crippen LogP contribution in [0.15, 0.2) is 0 Å². The molecule has 0 aromatic carbocycles. The van der Waals surface area contributed by atoms with Crippen molar-refractivity contribution in [2.75, 3.05) is 0 Å². The second kappa shape index (κ2) is 3.19. The van der Waals surface area contributed by atoms with Crippen LogP contribution in [0.25, 0.3) is 0 Å². The molecule has 0 radical (unpaired) electrons. The fourth-order valence-electron chi connectivity index (χ4n) is 1.36. The van der Waals surface area contributed by atoms with E-state index in [1.807, 2.05) is 0 Å². The number of aliphatic hydroxyl groups is 2. The Labute approximate surface area is 64.5 Å². The van der Waals surface area contributed by atoms with Crippen LogP contribution in [-0.4, -0.2) is 33.5 Å². The molecule has 1 rings (SSSR count). The van der Waals surface area contributed by atoms with Crippen molar-refractivity contribution in [2.45, 2.75) is 31.5 Å². The zero-order valence-corrected chi connectivity index (χ0v) is 6.10. The number of aliphatic carboxylic acids is 1. The molecule has 0 aromatic rings. The third-order valence-corrected chi connectivity index (χ3v) is 2.13. The Bertz CT molecular complexity index is 157. The lowest BCUT2D eigenvalue weighted by atomic mass is 9.85. The van der Waals surface area contributed by atoms with Gasteiger partial charge in [-0.2, -0.15) is 0 Å². The number of carboxylic acid groups (broad SMARTS) is 1. The van der Waals surface area contributed by atoms with Gasteiger partial charge in [-0.3, -0.25) is 4.79 Å². The minimum Gasteiger partial charge on any atom is -0.481 e. The van der Waals surface area contributed by atoms with E-state index in [-0.39, 0.29) is 6.42 Å². The van der Waals surface area contributed by atoms with Gasteiger partial charge in [0.15, 0.2) is 0 Å². The van der Waals surface area contributed by atoms with Gasteiger partial charge in [-0.25, -0.2) is 0 Å². The summed E-state index contributed by atoms with van der Waals surface area (Å²) in [5.41, 5.74) is 0. The van der Waals surface area contributed by atoms with Crippen LogP contribution >= 0.6 is 0 Å². The van der Waals surface area contributed by atoms with Crippen molar-refractivity contribution < 1.29 is 20.1 Å². The van der Waals surface area contributed by atoms with Crippen molar-refractivity contribution in [3.05, 3.63) is 0 Å². The lowest BCUT2D eigenvalue weighted by Gasteiger charge is -2.27. The zero-order valence-electron chi connectivity index (χ0n) is 6.10. The van der Waals surface area contributed by atoms with Crippen LogP contribution in [0, 0.1) is 5.92 Å². The van der Waals surface area contributed by atoms with Crippen LogP contribution in [0.4, 0.5) is 0 Å². The highest BCUT2D eigenvalue weighted by atomic mass is 16.4. The van der Waals surface area contributed by atoms with Crippen LogP contribution in [0.1, 0.15) is 19.3 Å². The Hall–Kier alpha value is -0.610. The summed E-state index contributed by atoms with van der Waals surface area (Å²) in [5.74, 6) is -1.36. The summed E-state index contributed by atoms with van der Waals surface area (Å²) in [6.45, 7) is 0. The Kier molecular flexibility index (Phi) is 2.46. The summed E-state index contributed by atoms with van der Waals surface area (Å²) < 4.78 is 0. The normalized spacial score (nSPS) is 38.5. The van der Waals surface area contributed by atoms with E-state index in [0.29, 0.717) is 12.8 Å². The van der Waals surface area contributed by atoms with E-state index in [4.69, 9.17) is 15.3 Å². The smallest absolute Gasteiger partial charge is 0.306 e. The number of carboxylic acids is 1. The van der Waals surface area contributed by atoms with E-state index >= 15 is 0 Å². The first-order chi connectivity index (χ1) is 5.11. The average Bonchev–Trinajstić information content (AvgIpc) is 1.94. The van der Waals surface area contributed by atoms with Crippen LogP contribution in [0.2, 0.25) is 0 Å². The number of hydrogen-bond donors (Lipinski definition) is 3. The molecule has 64 valence electrons. The monoisotopic (exact) mass is 160 g/mol. The summed E-state index contributed by atoms with van der Waals surface area (Å²) in [5, 5.41) is 26.7. The molecular formula is C7H12O4. The molecule has 0 heterocycles. The molecule has 1 aliphatic rings. The van der Waals surface area contributed by atoms with Crippen molar-refractivity contribution in [1.29, 1.82) is 0 Å². The van der Waals surface area contributed by atoms with Gasteiger partial charge in [-0.1, -0.05) is 0 Å². The van der Waals surface area contributed by atoms with Gasteiger partial charge in [-0.05, 0) is 19.3 Å². The van der Waals surface area contributed by atoms with Gasteiger partial charge < -0.3 is 15.3 Å². The van der Waals surface area contributed by atoms with Crippen LogP contribution in [0.3, 0.4) is 0 Å². The van der Waals surface area contributed by atoms with Gasteiger partial charge in [-0.15, -0.1) is 0 Å². The van der Waals surface area contributed by atoms with Crippen molar-refractivity contribution in [2.24, 2.45) is 5.92 Å². The first-order valence-corrected chi connectivity index (χ1v) is 3.70. The fourth-order valence-corrected chi connectivity index (χ4v) is 1.36. The number of aliphatic hydroxyl groups excluding tert-OH is 2. The lowest BCUT2D eigenvalue weighted by Crippen LogP contribution is -2.36. The maximum absolute atomic E-state index is 10.4. The third kappa shape index (κ3) is 1.91. The third-order valence-electron chi connectivity index (χ3n) is 2.13. The molecule has 0 aromatic heterocycles. The Morgan fingerprint density at radius 1 is 1.18 bits per heavy atom. The largest absolute Gasteiger partial charge is 0.481 e. The highest BCUT2D eigenvalue weighted by molar-refractivity contribution is 5.70. The SMILES string of the molecule is O=C(O)[C@H]1CC[C@H](O)[C@@H](O)C1. The molecule has 0 saturated heterocycles. The maximum atomic E-state index is 10.4. The number of carbonyl (C=O) groups is 1. The van der Waals surface area contributed by atoms with Gasteiger partial charge in [0.05, 0.1) is 18.1 Å². The van der Waals surface area contributed by atoms with Gasteiger partial charge in [0.25, 0.3) is 0 Å². The second-order valence-electron chi connectivity index (χ2n) is 2.98. The predicted octanol–water partition coefficient (Wildman–Crippen LogP) is -0.407. The molecule has 3 atom stereocenters. The topological polar surface area (TPSA) is 77.8 Å². The van der Waals surface area contributed by atoms with Crippen molar-refractivity contribution in [1.82, 2.24) is 0 Å². The minimum atomic E-state index is -0.879. The van der Waals surface area contributed by atoms with Crippen molar-refractivity contribution >= 4 is 5.97 Å². The highest BCUT2D eigenvalue weighted by Crippen LogP contribution is 2.24. The Morgan fingerprint density at radius 3 is 2.27 bits per heavy atom. The minimum absolute atomic E-state index is 0.177. The Morgan fingerprint density at radius 2 is 1.82 bits per heavy atom. The molecule has 3 N–H and O–H groups in total. The average molecular weight is 160 g/mol. The van der Waals surface area contributed by atoms with E-state index in [2.05, 4.69) is 0 Å². The molecule has 1 aliphatic carbocycles. The van der Waals surface area contributed by atoms with Crippen LogP contribution < -0.4 is 0 Å². The van der Waals surface area contributed by atoms with E-state index < -0.39 is 24.1 Å². The molecule has 0 unspecified atom stereocenters. The maximum Gasteiger partial charge on any atom is 0.306 e. The fraction of sp³-hybridized carbons (Fsp3) is 0.857. The van der Waals surface area contributed by atoms with Crippen LogP contribution in [-0.2, 0) is 4.79 Å².